The first kappa shape index (κ1) is 23.9. The maximum atomic E-state index is 12.4. The third-order valence-corrected chi connectivity index (χ3v) is 8.04. The number of benzene rings is 1. The zero-order valence-electron chi connectivity index (χ0n) is 19.4. The predicted molar refractivity (Wildman–Crippen MR) is 118 cm³/mol. The molecule has 3 aliphatic heterocycles. The van der Waals surface area contributed by atoms with Gasteiger partial charge in [0, 0.05) is 24.5 Å². The van der Waals surface area contributed by atoms with Crippen LogP contribution in [0, 0.1) is 11.3 Å². The average Bonchev–Trinajstić information content (AvgIpc) is 3.20. The molecular weight excluding hydrogens is 449 g/mol. The first-order valence-corrected chi connectivity index (χ1v) is 12.3. The lowest BCUT2D eigenvalue weighted by Crippen LogP contribution is -2.61. The van der Waals surface area contributed by atoms with Crippen LogP contribution in [-0.2, 0) is 14.3 Å². The molecule has 1 spiro atoms. The van der Waals surface area contributed by atoms with E-state index in [9.17, 15) is 18.0 Å². The molecule has 4 aliphatic rings. The smallest absolute Gasteiger partial charge is 0.491 e. The summed E-state index contributed by atoms with van der Waals surface area (Å²) < 4.78 is 51.2. The number of hydrogen-bond acceptors (Lipinski definition) is 5. The van der Waals surface area contributed by atoms with E-state index in [2.05, 4.69) is 9.64 Å². The summed E-state index contributed by atoms with van der Waals surface area (Å²) in [6, 6.07) is 8.24. The zero-order valence-corrected chi connectivity index (χ0v) is 19.4. The molecule has 1 atom stereocenters. The van der Waals surface area contributed by atoms with E-state index in [1.54, 1.807) is 0 Å². The Balaban J connectivity index is 1.08. The van der Waals surface area contributed by atoms with Crippen molar-refractivity contribution in [3.8, 4) is 5.75 Å². The average molecular weight is 483 g/mol. The van der Waals surface area contributed by atoms with Crippen molar-refractivity contribution in [1.29, 1.82) is 0 Å². The Morgan fingerprint density at radius 3 is 2.50 bits per heavy atom. The molecule has 3 saturated heterocycles. The van der Waals surface area contributed by atoms with Gasteiger partial charge in [-0.2, -0.15) is 0 Å². The molecule has 1 aromatic carbocycles. The van der Waals surface area contributed by atoms with E-state index in [4.69, 9.17) is 9.47 Å². The number of carbonyl (C=O) groups excluding carboxylic acids is 1. The van der Waals surface area contributed by atoms with Gasteiger partial charge < -0.3 is 19.3 Å². The minimum Gasteiger partial charge on any atom is -0.491 e. The maximum Gasteiger partial charge on any atom is 0.522 e. The van der Waals surface area contributed by atoms with Crippen LogP contribution in [0.2, 0.25) is 0 Å². The van der Waals surface area contributed by atoms with Gasteiger partial charge in [-0.25, -0.2) is 0 Å². The van der Waals surface area contributed by atoms with E-state index in [-0.39, 0.29) is 18.4 Å². The largest absolute Gasteiger partial charge is 0.522 e. The second-order valence-electron chi connectivity index (χ2n) is 10.3. The fourth-order valence-corrected chi connectivity index (χ4v) is 6.17. The van der Waals surface area contributed by atoms with Crippen LogP contribution in [0.5, 0.6) is 5.75 Å². The zero-order chi connectivity index (χ0) is 23.8. The van der Waals surface area contributed by atoms with E-state index in [0.29, 0.717) is 36.3 Å². The first-order valence-electron chi connectivity index (χ1n) is 12.3. The number of para-hydroxylation sites is 1. The fraction of sp³-hybridized carbons (Fsp3) is 0.720. The molecular formula is C25H33F3N2O4. The molecule has 6 nitrogen and oxygen atoms in total. The van der Waals surface area contributed by atoms with Crippen molar-refractivity contribution in [2.24, 2.45) is 11.3 Å². The number of carbonyl (C=O) groups is 1. The second-order valence-corrected chi connectivity index (χ2v) is 10.3. The minimum absolute atomic E-state index is 0.0811. The van der Waals surface area contributed by atoms with E-state index in [1.807, 2.05) is 29.2 Å². The van der Waals surface area contributed by atoms with Gasteiger partial charge in [-0.1, -0.05) is 18.2 Å². The molecule has 1 aromatic rings. The standard InChI is InChI=1S/C25H33F3N2O4/c26-25(27,28)34-12-11-33-22-4-2-1-3-21(22)18-6-9-29(10-7-18)20-5-8-24(13-20)16-30(17-24)23(31)19-14-32-15-19/h1-4,18-20H,5-17H2. The molecule has 5 rings (SSSR count). The third kappa shape index (κ3) is 5.21. The number of ether oxygens (including phenoxy) is 3. The summed E-state index contributed by atoms with van der Waals surface area (Å²) in [4.78, 5) is 17.1. The van der Waals surface area contributed by atoms with E-state index in [0.717, 1.165) is 44.6 Å². The number of amides is 1. The number of nitrogens with zero attached hydrogens (tertiary/aromatic N) is 2. The Morgan fingerprint density at radius 2 is 1.82 bits per heavy atom. The summed E-state index contributed by atoms with van der Waals surface area (Å²) in [6.45, 7) is 4.34. The highest BCUT2D eigenvalue weighted by Gasteiger charge is 2.52. The summed E-state index contributed by atoms with van der Waals surface area (Å²) in [7, 11) is 0. The number of halogens is 3. The van der Waals surface area contributed by atoms with E-state index in [1.165, 1.54) is 19.3 Å². The van der Waals surface area contributed by atoms with Gasteiger partial charge in [0.15, 0.2) is 0 Å². The van der Waals surface area contributed by atoms with Gasteiger partial charge in [0.2, 0.25) is 5.91 Å². The molecule has 34 heavy (non-hydrogen) atoms. The number of rotatable bonds is 7. The molecule has 0 radical (unpaired) electrons. The molecule has 0 N–H and O–H groups in total. The fourth-order valence-electron chi connectivity index (χ4n) is 6.17. The van der Waals surface area contributed by atoms with Crippen LogP contribution in [0.15, 0.2) is 24.3 Å². The molecule has 1 unspecified atom stereocenters. The Morgan fingerprint density at radius 1 is 1.09 bits per heavy atom. The number of hydrogen-bond donors (Lipinski definition) is 0. The molecule has 9 heteroatoms. The van der Waals surface area contributed by atoms with Gasteiger partial charge in [0.25, 0.3) is 0 Å². The van der Waals surface area contributed by atoms with Gasteiger partial charge in [0.05, 0.1) is 25.7 Å². The molecule has 0 aromatic heterocycles. The van der Waals surface area contributed by atoms with Crippen LogP contribution in [0.3, 0.4) is 0 Å². The van der Waals surface area contributed by atoms with Crippen molar-refractivity contribution in [3.05, 3.63) is 29.8 Å². The Hall–Kier alpha value is -1.84. The lowest BCUT2D eigenvalue weighted by Gasteiger charge is -2.50. The maximum absolute atomic E-state index is 12.4. The van der Waals surface area contributed by atoms with Crippen molar-refractivity contribution in [2.75, 3.05) is 52.6 Å². The predicted octanol–water partition coefficient (Wildman–Crippen LogP) is 3.81. The monoisotopic (exact) mass is 482 g/mol. The second kappa shape index (κ2) is 9.66. The number of likely N-dealkylation sites (tertiary alicyclic amines) is 2. The summed E-state index contributed by atoms with van der Waals surface area (Å²) in [6.07, 6.45) is 0.941. The minimum atomic E-state index is -4.63. The third-order valence-electron chi connectivity index (χ3n) is 8.04. The number of alkyl halides is 3. The summed E-state index contributed by atoms with van der Waals surface area (Å²) >= 11 is 0. The summed E-state index contributed by atoms with van der Waals surface area (Å²) in [5, 5.41) is 0. The van der Waals surface area contributed by atoms with E-state index >= 15 is 0 Å². The van der Waals surface area contributed by atoms with Crippen LogP contribution in [0.4, 0.5) is 13.2 Å². The van der Waals surface area contributed by atoms with Crippen molar-refractivity contribution in [2.45, 2.75) is 50.4 Å². The highest BCUT2D eigenvalue weighted by Crippen LogP contribution is 2.48. The molecule has 4 fully saturated rings. The van der Waals surface area contributed by atoms with Crippen molar-refractivity contribution < 1.29 is 32.2 Å². The van der Waals surface area contributed by atoms with Crippen LogP contribution < -0.4 is 4.74 Å². The highest BCUT2D eigenvalue weighted by molar-refractivity contribution is 5.80. The van der Waals surface area contributed by atoms with Gasteiger partial charge in [-0.3, -0.25) is 9.53 Å². The van der Waals surface area contributed by atoms with Gasteiger partial charge >= 0.3 is 6.36 Å². The molecule has 188 valence electrons. The highest BCUT2D eigenvalue weighted by atomic mass is 19.4. The van der Waals surface area contributed by atoms with Crippen molar-refractivity contribution in [1.82, 2.24) is 9.80 Å². The van der Waals surface area contributed by atoms with Crippen LogP contribution in [0.25, 0.3) is 0 Å². The van der Waals surface area contributed by atoms with Crippen molar-refractivity contribution >= 4 is 5.91 Å². The van der Waals surface area contributed by atoms with Gasteiger partial charge in [0.1, 0.15) is 12.4 Å². The molecule has 0 bridgehead atoms. The summed E-state index contributed by atoms with van der Waals surface area (Å²) in [5.41, 5.74) is 1.38. The van der Waals surface area contributed by atoms with Crippen LogP contribution in [-0.4, -0.2) is 80.7 Å². The SMILES string of the molecule is O=C(C1COC1)N1CC2(CCC(N3CCC(c4ccccc4OCCOC(F)(F)F)CC3)C2)C1. The van der Waals surface area contributed by atoms with Gasteiger partial charge in [-0.05, 0) is 62.7 Å². The molecule has 1 amide bonds. The lowest BCUT2D eigenvalue weighted by atomic mass is 9.77. The lowest BCUT2D eigenvalue weighted by molar-refractivity contribution is -0.325. The first-order chi connectivity index (χ1) is 16.3. The molecule has 3 heterocycles. The topological polar surface area (TPSA) is 51.2 Å². The molecule has 1 aliphatic carbocycles. The summed E-state index contributed by atoms with van der Waals surface area (Å²) in [5.74, 6) is 1.35. The van der Waals surface area contributed by atoms with Gasteiger partial charge in [-0.15, -0.1) is 13.2 Å². The Labute approximate surface area is 198 Å². The number of piperidine rings is 1. The molecule has 1 saturated carbocycles. The van der Waals surface area contributed by atoms with E-state index < -0.39 is 13.0 Å². The van der Waals surface area contributed by atoms with Crippen molar-refractivity contribution in [3.63, 3.8) is 0 Å². The normalized spacial score (nSPS) is 25.9. The Kier molecular flexibility index (Phi) is 6.79. The quantitative estimate of drug-likeness (QED) is 0.554. The Bertz CT molecular complexity index is 862. The van der Waals surface area contributed by atoms with Crippen LogP contribution >= 0.6 is 0 Å². The van der Waals surface area contributed by atoms with Crippen LogP contribution in [0.1, 0.15) is 43.6 Å².